The lowest BCUT2D eigenvalue weighted by Gasteiger charge is -2.32. The Kier molecular flexibility index (Phi) is 9.67. The van der Waals surface area contributed by atoms with Crippen LogP contribution in [-0.4, -0.2) is 56.6 Å². The van der Waals surface area contributed by atoms with E-state index in [1.807, 2.05) is 56.3 Å². The van der Waals surface area contributed by atoms with Gasteiger partial charge in [0.15, 0.2) is 0 Å². The van der Waals surface area contributed by atoms with Crippen LogP contribution in [0.15, 0.2) is 54.6 Å². The molecule has 0 spiro atoms. The molecule has 8 heteroatoms. The maximum atomic E-state index is 13.4. The molecule has 1 N–H and O–H groups in total. The smallest absolute Gasteiger partial charge is 0.244 e. The minimum atomic E-state index is -3.73. The molecule has 0 heterocycles. The first-order chi connectivity index (χ1) is 15.9. The normalized spacial score (nSPS) is 12.5. The summed E-state index contributed by atoms with van der Waals surface area (Å²) in [5.41, 5.74) is 2.52. The van der Waals surface area contributed by atoms with E-state index in [9.17, 15) is 18.0 Å². The van der Waals surface area contributed by atoms with Gasteiger partial charge in [-0.3, -0.25) is 13.9 Å². The Morgan fingerprint density at radius 3 is 2.00 bits per heavy atom. The van der Waals surface area contributed by atoms with E-state index in [0.717, 1.165) is 21.7 Å². The van der Waals surface area contributed by atoms with Crippen molar-refractivity contribution in [1.82, 2.24) is 10.2 Å². The molecule has 0 saturated heterocycles. The maximum absolute atomic E-state index is 13.4. The van der Waals surface area contributed by atoms with Gasteiger partial charge >= 0.3 is 0 Å². The zero-order valence-corrected chi connectivity index (χ0v) is 21.8. The Labute approximate surface area is 204 Å². The van der Waals surface area contributed by atoms with Gasteiger partial charge in [-0.2, -0.15) is 0 Å². The number of sulfonamides is 1. The van der Waals surface area contributed by atoms with E-state index in [-0.39, 0.29) is 18.5 Å². The van der Waals surface area contributed by atoms with E-state index < -0.39 is 22.0 Å². The summed E-state index contributed by atoms with van der Waals surface area (Å²) in [6.07, 6.45) is 1.63. The molecule has 0 aliphatic carbocycles. The Hall–Kier alpha value is -2.87. The molecule has 2 aromatic rings. The lowest BCUT2D eigenvalue weighted by molar-refractivity contribution is -0.139. The Balaban J connectivity index is 2.31. The summed E-state index contributed by atoms with van der Waals surface area (Å²) in [5, 5.41) is 2.84. The first-order valence-electron chi connectivity index (χ1n) is 11.6. The SMILES string of the molecule is CC(C)NC(=O)[C@@H](C)N(CCc1ccccc1)C(=O)CN(c1ccc(C(C)C)cc1)S(C)(=O)=O. The number of amides is 2. The van der Waals surface area contributed by atoms with Crippen molar-refractivity contribution in [2.75, 3.05) is 23.7 Å². The summed E-state index contributed by atoms with van der Waals surface area (Å²) in [4.78, 5) is 27.6. The highest BCUT2D eigenvalue weighted by molar-refractivity contribution is 7.92. The van der Waals surface area contributed by atoms with Gasteiger partial charge < -0.3 is 10.2 Å². The lowest BCUT2D eigenvalue weighted by Crippen LogP contribution is -2.53. The molecule has 0 aliphatic heterocycles. The van der Waals surface area contributed by atoms with Crippen LogP contribution in [0.3, 0.4) is 0 Å². The van der Waals surface area contributed by atoms with Crippen molar-refractivity contribution in [3.63, 3.8) is 0 Å². The topological polar surface area (TPSA) is 86.8 Å². The van der Waals surface area contributed by atoms with Gasteiger partial charge in [-0.15, -0.1) is 0 Å². The van der Waals surface area contributed by atoms with E-state index in [1.165, 1.54) is 4.90 Å². The molecule has 2 aromatic carbocycles. The Bertz CT molecular complexity index is 1050. The standard InChI is InChI=1S/C26H37N3O4S/c1-19(2)23-12-14-24(15-13-23)29(34(6,32)33)18-25(30)28(21(5)26(31)27-20(3)4)17-16-22-10-8-7-9-11-22/h7-15,19-21H,16-18H2,1-6H3,(H,27,31)/t21-/m1/s1. The van der Waals surface area contributed by atoms with Crippen molar-refractivity contribution in [2.45, 2.75) is 59.0 Å². The van der Waals surface area contributed by atoms with E-state index in [1.54, 1.807) is 19.1 Å². The largest absolute Gasteiger partial charge is 0.352 e. The second-order valence-electron chi connectivity index (χ2n) is 9.18. The summed E-state index contributed by atoms with van der Waals surface area (Å²) in [6.45, 7) is 9.40. The molecule has 0 saturated carbocycles. The highest BCUT2D eigenvalue weighted by Gasteiger charge is 2.30. The molecule has 34 heavy (non-hydrogen) atoms. The molecular weight excluding hydrogens is 450 g/mol. The Morgan fingerprint density at radius 2 is 1.50 bits per heavy atom. The van der Waals surface area contributed by atoms with E-state index in [0.29, 0.717) is 24.6 Å². The van der Waals surface area contributed by atoms with Crippen LogP contribution < -0.4 is 9.62 Å². The molecule has 0 aromatic heterocycles. The van der Waals surface area contributed by atoms with Gasteiger partial charge in [0.1, 0.15) is 12.6 Å². The maximum Gasteiger partial charge on any atom is 0.244 e. The van der Waals surface area contributed by atoms with Gasteiger partial charge in [0.2, 0.25) is 21.8 Å². The monoisotopic (exact) mass is 487 g/mol. The summed E-state index contributed by atoms with van der Waals surface area (Å²) in [6, 6.07) is 16.0. The van der Waals surface area contributed by atoms with Gasteiger partial charge in [0, 0.05) is 12.6 Å². The highest BCUT2D eigenvalue weighted by Crippen LogP contribution is 2.22. The summed E-state index contributed by atoms with van der Waals surface area (Å²) in [7, 11) is -3.73. The predicted molar refractivity (Wildman–Crippen MR) is 137 cm³/mol. The fraction of sp³-hybridized carbons (Fsp3) is 0.462. The van der Waals surface area contributed by atoms with E-state index in [4.69, 9.17) is 0 Å². The number of anilines is 1. The van der Waals surface area contributed by atoms with Crippen LogP contribution in [-0.2, 0) is 26.0 Å². The zero-order chi connectivity index (χ0) is 25.5. The van der Waals surface area contributed by atoms with Crippen molar-refractivity contribution < 1.29 is 18.0 Å². The Morgan fingerprint density at radius 1 is 0.912 bits per heavy atom. The number of carbonyl (C=O) groups excluding carboxylic acids is 2. The van der Waals surface area contributed by atoms with E-state index >= 15 is 0 Å². The second kappa shape index (κ2) is 12.0. The molecular formula is C26H37N3O4S. The molecule has 0 unspecified atom stereocenters. The third-order valence-corrected chi connectivity index (χ3v) is 6.75. The fourth-order valence-corrected chi connectivity index (χ4v) is 4.46. The van der Waals surface area contributed by atoms with Crippen molar-refractivity contribution in [3.05, 3.63) is 65.7 Å². The van der Waals surface area contributed by atoms with Crippen molar-refractivity contribution in [3.8, 4) is 0 Å². The van der Waals surface area contributed by atoms with E-state index in [2.05, 4.69) is 19.2 Å². The second-order valence-corrected chi connectivity index (χ2v) is 11.1. The number of hydrogen-bond donors (Lipinski definition) is 1. The average molecular weight is 488 g/mol. The number of hydrogen-bond acceptors (Lipinski definition) is 4. The lowest BCUT2D eigenvalue weighted by atomic mass is 10.0. The van der Waals surface area contributed by atoms with Crippen molar-refractivity contribution >= 4 is 27.5 Å². The molecule has 0 aliphatic rings. The third-order valence-electron chi connectivity index (χ3n) is 5.61. The van der Waals surface area contributed by atoms with Crippen LogP contribution in [0.4, 0.5) is 5.69 Å². The van der Waals surface area contributed by atoms with Crippen LogP contribution >= 0.6 is 0 Å². The quantitative estimate of drug-likeness (QED) is 0.525. The van der Waals surface area contributed by atoms with Gasteiger partial charge in [0.25, 0.3) is 0 Å². The van der Waals surface area contributed by atoms with Gasteiger partial charge in [-0.05, 0) is 56.4 Å². The van der Waals surface area contributed by atoms with Crippen LogP contribution in [0, 0.1) is 0 Å². The minimum Gasteiger partial charge on any atom is -0.352 e. The highest BCUT2D eigenvalue weighted by atomic mass is 32.2. The first kappa shape index (κ1) is 27.4. The van der Waals surface area contributed by atoms with Gasteiger partial charge in [0.05, 0.1) is 11.9 Å². The van der Waals surface area contributed by atoms with Crippen LogP contribution in [0.1, 0.15) is 51.7 Å². The van der Waals surface area contributed by atoms with Crippen LogP contribution in [0.5, 0.6) is 0 Å². The van der Waals surface area contributed by atoms with Crippen LogP contribution in [0.2, 0.25) is 0 Å². The first-order valence-corrected chi connectivity index (χ1v) is 13.5. The minimum absolute atomic E-state index is 0.0759. The average Bonchev–Trinajstić information content (AvgIpc) is 2.77. The zero-order valence-electron chi connectivity index (χ0n) is 21.0. The third kappa shape index (κ3) is 7.87. The molecule has 0 radical (unpaired) electrons. The van der Waals surface area contributed by atoms with Crippen molar-refractivity contribution in [1.29, 1.82) is 0 Å². The molecule has 0 bridgehead atoms. The van der Waals surface area contributed by atoms with Crippen LogP contribution in [0.25, 0.3) is 0 Å². The summed E-state index contributed by atoms with van der Waals surface area (Å²) >= 11 is 0. The number of benzene rings is 2. The predicted octanol–water partition coefficient (Wildman–Crippen LogP) is 3.56. The molecule has 186 valence electrons. The van der Waals surface area contributed by atoms with Gasteiger partial charge in [-0.1, -0.05) is 56.3 Å². The van der Waals surface area contributed by atoms with Gasteiger partial charge in [-0.25, -0.2) is 8.42 Å². The summed E-state index contributed by atoms with van der Waals surface area (Å²) in [5.74, 6) is -0.402. The number of rotatable bonds is 11. The number of carbonyl (C=O) groups is 2. The number of nitrogens with one attached hydrogen (secondary N) is 1. The molecule has 7 nitrogen and oxygen atoms in total. The molecule has 2 amide bonds. The molecule has 2 rings (SSSR count). The number of nitrogens with zero attached hydrogens (tertiary/aromatic N) is 2. The van der Waals surface area contributed by atoms with Crippen molar-refractivity contribution in [2.24, 2.45) is 0 Å². The molecule has 0 fully saturated rings. The summed E-state index contributed by atoms with van der Waals surface area (Å²) < 4.78 is 26.3. The fourth-order valence-electron chi connectivity index (χ4n) is 3.61. The molecule has 1 atom stereocenters.